The lowest BCUT2D eigenvalue weighted by Gasteiger charge is -2.11. The van der Waals surface area contributed by atoms with Crippen LogP contribution in [0.5, 0.6) is 34.5 Å². The fourth-order valence-corrected chi connectivity index (χ4v) is 3.83. The molecular formula is C28H26O5. The third-order valence-electron chi connectivity index (χ3n) is 5.36. The predicted octanol–water partition coefficient (Wildman–Crippen LogP) is 5.87. The Hall–Kier alpha value is -4.12. The zero-order valence-corrected chi connectivity index (χ0v) is 18.1. The molecule has 0 unspecified atom stereocenters. The molecule has 4 aromatic rings. The van der Waals surface area contributed by atoms with Gasteiger partial charge in [-0.1, -0.05) is 24.3 Å². The third kappa shape index (κ3) is 6.43. The molecule has 0 spiro atoms. The number of rotatable bonds is 8. The maximum atomic E-state index is 10.2. The van der Waals surface area contributed by atoms with Crippen molar-refractivity contribution >= 4 is 0 Å². The molecular weight excluding hydrogens is 416 g/mol. The number of benzene rings is 4. The van der Waals surface area contributed by atoms with E-state index in [-0.39, 0.29) is 23.0 Å². The van der Waals surface area contributed by atoms with Gasteiger partial charge in [0.05, 0.1) is 0 Å². The van der Waals surface area contributed by atoms with Crippen LogP contribution in [0.3, 0.4) is 0 Å². The average Bonchev–Trinajstić information content (AvgIpc) is 2.76. The fourth-order valence-electron chi connectivity index (χ4n) is 3.83. The van der Waals surface area contributed by atoms with Crippen molar-refractivity contribution in [3.05, 3.63) is 107 Å². The first kappa shape index (κ1) is 22.1. The van der Waals surface area contributed by atoms with Gasteiger partial charge in [-0.3, -0.25) is 0 Å². The second kappa shape index (κ2) is 10.0. The zero-order valence-electron chi connectivity index (χ0n) is 18.1. The Morgan fingerprint density at radius 3 is 1.24 bits per heavy atom. The molecule has 0 aliphatic rings. The summed E-state index contributed by atoms with van der Waals surface area (Å²) in [6, 6.07) is 24.4. The van der Waals surface area contributed by atoms with Gasteiger partial charge in [0.2, 0.25) is 0 Å². The van der Waals surface area contributed by atoms with Gasteiger partial charge in [0.1, 0.15) is 34.5 Å². The summed E-state index contributed by atoms with van der Waals surface area (Å²) < 4.78 is 5.96. The summed E-state index contributed by atoms with van der Waals surface area (Å²) in [7, 11) is 0. The van der Waals surface area contributed by atoms with E-state index in [0.717, 1.165) is 22.3 Å². The van der Waals surface area contributed by atoms with Crippen molar-refractivity contribution in [1.29, 1.82) is 0 Å². The van der Waals surface area contributed by atoms with Crippen molar-refractivity contribution in [3.63, 3.8) is 0 Å². The standard InChI is InChI=1S/C28H26O5/c29-23-5-1-3-19(11-23)7-9-21-13-25(31)17-27(15-21)33-28-16-22(14-26(32)18-28)10-8-20-4-2-6-24(30)12-20/h1-6,11-18,29-32H,7-10H2. The summed E-state index contributed by atoms with van der Waals surface area (Å²) in [6.07, 6.45) is 2.76. The van der Waals surface area contributed by atoms with Crippen LogP contribution >= 0.6 is 0 Å². The molecule has 4 aromatic carbocycles. The molecule has 0 aromatic heterocycles. The van der Waals surface area contributed by atoms with Crippen LogP contribution in [0.2, 0.25) is 0 Å². The van der Waals surface area contributed by atoms with Crippen molar-refractivity contribution in [1.82, 2.24) is 0 Å². The molecule has 0 atom stereocenters. The van der Waals surface area contributed by atoms with E-state index in [2.05, 4.69) is 0 Å². The number of ether oxygens (including phenoxy) is 1. The number of aromatic hydroxyl groups is 4. The van der Waals surface area contributed by atoms with Crippen LogP contribution in [-0.2, 0) is 25.7 Å². The van der Waals surface area contributed by atoms with Crippen molar-refractivity contribution in [3.8, 4) is 34.5 Å². The molecule has 33 heavy (non-hydrogen) atoms. The molecule has 0 amide bonds. The highest BCUT2D eigenvalue weighted by atomic mass is 16.5. The number of hydrogen-bond acceptors (Lipinski definition) is 5. The average molecular weight is 443 g/mol. The molecule has 0 aliphatic heterocycles. The van der Waals surface area contributed by atoms with Crippen LogP contribution in [-0.4, -0.2) is 20.4 Å². The monoisotopic (exact) mass is 442 g/mol. The van der Waals surface area contributed by atoms with E-state index in [1.165, 1.54) is 12.1 Å². The Morgan fingerprint density at radius 2 is 0.818 bits per heavy atom. The van der Waals surface area contributed by atoms with Crippen molar-refractivity contribution in [2.24, 2.45) is 0 Å². The summed E-state index contributed by atoms with van der Waals surface area (Å²) in [4.78, 5) is 0. The molecule has 0 aliphatic carbocycles. The van der Waals surface area contributed by atoms with Crippen LogP contribution in [0.1, 0.15) is 22.3 Å². The first-order chi connectivity index (χ1) is 15.9. The second-order valence-corrected chi connectivity index (χ2v) is 8.11. The van der Waals surface area contributed by atoms with Crippen LogP contribution < -0.4 is 4.74 Å². The number of phenols is 4. The molecule has 0 heterocycles. The van der Waals surface area contributed by atoms with Crippen LogP contribution in [0.15, 0.2) is 84.9 Å². The normalized spacial score (nSPS) is 10.8. The van der Waals surface area contributed by atoms with Crippen LogP contribution in [0, 0.1) is 0 Å². The molecule has 0 bridgehead atoms. The van der Waals surface area contributed by atoms with Crippen molar-refractivity contribution < 1.29 is 25.2 Å². The van der Waals surface area contributed by atoms with Crippen molar-refractivity contribution in [2.75, 3.05) is 0 Å². The Morgan fingerprint density at radius 1 is 0.424 bits per heavy atom. The molecule has 4 N–H and O–H groups in total. The number of phenolic OH excluding ortho intramolecular Hbond substituents is 4. The largest absolute Gasteiger partial charge is 0.508 e. The highest BCUT2D eigenvalue weighted by molar-refractivity contribution is 5.44. The molecule has 5 nitrogen and oxygen atoms in total. The summed E-state index contributed by atoms with van der Waals surface area (Å²) >= 11 is 0. The van der Waals surface area contributed by atoms with E-state index < -0.39 is 0 Å². The maximum absolute atomic E-state index is 10.2. The summed E-state index contributed by atoms with van der Waals surface area (Å²) in [5, 5.41) is 39.6. The second-order valence-electron chi connectivity index (χ2n) is 8.11. The van der Waals surface area contributed by atoms with E-state index in [4.69, 9.17) is 4.74 Å². The fraction of sp³-hybridized carbons (Fsp3) is 0.143. The van der Waals surface area contributed by atoms with Crippen LogP contribution in [0.25, 0.3) is 0 Å². The highest BCUT2D eigenvalue weighted by Crippen LogP contribution is 2.31. The van der Waals surface area contributed by atoms with Gasteiger partial charge in [0.15, 0.2) is 0 Å². The number of hydrogen-bond donors (Lipinski definition) is 4. The third-order valence-corrected chi connectivity index (χ3v) is 5.36. The lowest BCUT2D eigenvalue weighted by atomic mass is 10.0. The molecule has 5 heteroatoms. The predicted molar refractivity (Wildman–Crippen MR) is 127 cm³/mol. The first-order valence-electron chi connectivity index (χ1n) is 10.8. The van der Waals surface area contributed by atoms with Gasteiger partial charge in [-0.05, 0) is 96.5 Å². The maximum Gasteiger partial charge on any atom is 0.131 e. The topological polar surface area (TPSA) is 90.2 Å². The SMILES string of the molecule is Oc1cccc(CCc2cc(O)cc(Oc3cc(O)cc(CCc4cccc(O)c4)c3)c2)c1. The van der Waals surface area contributed by atoms with E-state index in [0.29, 0.717) is 37.2 Å². The van der Waals surface area contributed by atoms with E-state index in [1.54, 1.807) is 36.4 Å². The van der Waals surface area contributed by atoms with Crippen molar-refractivity contribution in [2.45, 2.75) is 25.7 Å². The van der Waals surface area contributed by atoms with Gasteiger partial charge in [0.25, 0.3) is 0 Å². The lowest BCUT2D eigenvalue weighted by Crippen LogP contribution is -1.94. The van der Waals surface area contributed by atoms with Crippen LogP contribution in [0.4, 0.5) is 0 Å². The van der Waals surface area contributed by atoms with Gasteiger partial charge >= 0.3 is 0 Å². The highest BCUT2D eigenvalue weighted by Gasteiger charge is 2.07. The molecule has 4 rings (SSSR count). The summed E-state index contributed by atoms with van der Waals surface area (Å²) in [5.41, 5.74) is 3.81. The minimum absolute atomic E-state index is 0.0997. The van der Waals surface area contributed by atoms with E-state index in [9.17, 15) is 20.4 Å². The summed E-state index contributed by atoms with van der Waals surface area (Å²) in [5.74, 6) is 1.62. The smallest absolute Gasteiger partial charge is 0.131 e. The molecule has 0 saturated heterocycles. The van der Waals surface area contributed by atoms with Gasteiger partial charge in [0, 0.05) is 12.1 Å². The Kier molecular flexibility index (Phi) is 6.69. The van der Waals surface area contributed by atoms with E-state index in [1.807, 2.05) is 36.4 Å². The molecule has 0 radical (unpaired) electrons. The molecule has 0 saturated carbocycles. The van der Waals surface area contributed by atoms with Gasteiger partial charge in [-0.2, -0.15) is 0 Å². The molecule has 0 fully saturated rings. The van der Waals surface area contributed by atoms with Gasteiger partial charge in [-0.25, -0.2) is 0 Å². The first-order valence-corrected chi connectivity index (χ1v) is 10.8. The number of aryl methyl sites for hydroxylation is 4. The Labute approximate surface area is 192 Å². The lowest BCUT2D eigenvalue weighted by molar-refractivity contribution is 0.444. The minimum atomic E-state index is 0.0997. The zero-order chi connectivity index (χ0) is 23.2. The Bertz CT molecular complexity index is 1150. The quantitative estimate of drug-likeness (QED) is 0.274. The summed E-state index contributed by atoms with van der Waals surface area (Å²) in [6.45, 7) is 0. The van der Waals surface area contributed by atoms with Gasteiger partial charge in [-0.15, -0.1) is 0 Å². The Balaban J connectivity index is 1.45. The minimum Gasteiger partial charge on any atom is -0.508 e. The molecule has 168 valence electrons. The van der Waals surface area contributed by atoms with E-state index >= 15 is 0 Å². The van der Waals surface area contributed by atoms with Gasteiger partial charge < -0.3 is 25.2 Å².